The molecule has 1 atom stereocenters. The van der Waals surface area contributed by atoms with Crippen molar-refractivity contribution in [3.05, 3.63) is 91.0 Å². The summed E-state index contributed by atoms with van der Waals surface area (Å²) >= 11 is 0. The maximum Gasteiger partial charge on any atom is 2.00 e. The number of imidazole rings is 1. The van der Waals surface area contributed by atoms with Crippen LogP contribution in [0.15, 0.2) is 78.8 Å². The van der Waals surface area contributed by atoms with E-state index in [2.05, 4.69) is 9.97 Å². The monoisotopic (exact) mass is 379 g/mol. The van der Waals surface area contributed by atoms with E-state index in [4.69, 9.17) is 0 Å². The standard InChI is InChI=1S/C14H16N3O2.C5H5.Fe/c1-17(7-6-11-4-2-3-5-11)13(14(18)19)8-12-9-15-10-16-12;1-2-4-5-3-1;/h2-7,9-10,13H,8H2,1H3,(H,15,16)(H,18,19);1-5H;/q2*-1;+2/t13-;;/m0../s1. The van der Waals surface area contributed by atoms with Crippen LogP contribution in [0, 0.1) is 6.54 Å². The zero-order valence-corrected chi connectivity index (χ0v) is 15.0. The molecule has 0 saturated carbocycles. The Bertz CT molecular complexity index is 657. The molecule has 6 heteroatoms. The second-order valence-corrected chi connectivity index (χ2v) is 5.30. The molecule has 0 spiro atoms. The Balaban J connectivity index is 0.000000448. The number of H-pyrrole nitrogens is 1. The van der Waals surface area contributed by atoms with Gasteiger partial charge in [-0.25, -0.2) is 23.2 Å². The van der Waals surface area contributed by atoms with Gasteiger partial charge in [0.05, 0.1) is 6.33 Å². The fourth-order valence-electron chi connectivity index (χ4n) is 2.14. The molecule has 0 fully saturated rings. The largest absolute Gasteiger partial charge is 2.00 e. The fourth-order valence-corrected chi connectivity index (χ4v) is 2.14. The zero-order chi connectivity index (χ0) is 17.2. The van der Waals surface area contributed by atoms with E-state index in [1.54, 1.807) is 31.0 Å². The van der Waals surface area contributed by atoms with Crippen molar-refractivity contribution in [3.63, 3.8) is 0 Å². The van der Waals surface area contributed by atoms with Gasteiger partial charge < -0.3 is 15.0 Å². The first-order valence-corrected chi connectivity index (χ1v) is 7.65. The molecule has 3 rings (SSSR count). The Morgan fingerprint density at radius 2 is 2.08 bits per heavy atom. The van der Waals surface area contributed by atoms with Crippen LogP contribution >= 0.6 is 0 Å². The number of aromatic nitrogens is 2. The number of nitrogens with one attached hydrogen (secondary N) is 1. The van der Waals surface area contributed by atoms with E-state index < -0.39 is 12.0 Å². The van der Waals surface area contributed by atoms with E-state index in [-0.39, 0.29) is 17.1 Å². The molecule has 2 aromatic rings. The van der Waals surface area contributed by atoms with E-state index in [9.17, 15) is 9.90 Å². The van der Waals surface area contributed by atoms with Gasteiger partial charge in [-0.2, -0.15) is 30.3 Å². The average Bonchev–Trinajstić information content (AvgIpc) is 3.35. The van der Waals surface area contributed by atoms with Crippen molar-refractivity contribution >= 4 is 5.97 Å². The van der Waals surface area contributed by atoms with Gasteiger partial charge in [0.25, 0.3) is 0 Å². The van der Waals surface area contributed by atoms with Gasteiger partial charge in [0.2, 0.25) is 0 Å². The number of likely N-dealkylation sites (N-methyl/N-ethyl adjacent to an activating group) is 1. The number of aliphatic carboxylic acids is 1. The Morgan fingerprint density at radius 1 is 1.40 bits per heavy atom. The van der Waals surface area contributed by atoms with Crippen molar-refractivity contribution in [2.24, 2.45) is 0 Å². The molecule has 2 N–H and O–H groups in total. The molecule has 0 aliphatic heterocycles. The van der Waals surface area contributed by atoms with Gasteiger partial charge >= 0.3 is 23.0 Å². The number of allylic oxidation sites excluding steroid dienone is 5. The van der Waals surface area contributed by atoms with Crippen LogP contribution in [0.1, 0.15) is 5.69 Å². The van der Waals surface area contributed by atoms with Crippen molar-refractivity contribution in [1.82, 2.24) is 14.9 Å². The number of hydrogen-bond acceptors (Lipinski definition) is 3. The van der Waals surface area contributed by atoms with Gasteiger partial charge in [0, 0.05) is 18.3 Å². The molecule has 5 nitrogen and oxygen atoms in total. The van der Waals surface area contributed by atoms with Gasteiger partial charge in [0.15, 0.2) is 0 Å². The molecular formula is C19H21FeN3O2. The Labute approximate surface area is 158 Å². The molecule has 0 radical (unpaired) electrons. The summed E-state index contributed by atoms with van der Waals surface area (Å²) in [4.78, 5) is 19.8. The maximum absolute atomic E-state index is 11.3. The molecule has 132 valence electrons. The third-order valence-corrected chi connectivity index (χ3v) is 3.49. The third kappa shape index (κ3) is 7.35. The minimum Gasteiger partial charge on any atom is -0.480 e. The van der Waals surface area contributed by atoms with Gasteiger partial charge in [-0.1, -0.05) is 12.2 Å². The summed E-state index contributed by atoms with van der Waals surface area (Å²) in [6, 6.07) is 9.38. The van der Waals surface area contributed by atoms with Crippen LogP contribution in [0.2, 0.25) is 0 Å². The van der Waals surface area contributed by atoms with Crippen molar-refractivity contribution in [2.75, 3.05) is 7.05 Å². The quantitative estimate of drug-likeness (QED) is 0.598. The summed E-state index contributed by atoms with van der Waals surface area (Å²) in [5, 5.41) is 9.29. The number of nitrogens with zero attached hydrogens (tertiary/aromatic N) is 2. The van der Waals surface area contributed by atoms with Crippen LogP contribution in [-0.4, -0.2) is 39.0 Å². The van der Waals surface area contributed by atoms with Gasteiger partial charge in [-0.3, -0.25) is 4.79 Å². The molecule has 0 saturated heterocycles. The molecule has 1 heterocycles. The van der Waals surface area contributed by atoms with Crippen LogP contribution in [0.3, 0.4) is 0 Å². The maximum atomic E-state index is 11.3. The zero-order valence-electron chi connectivity index (χ0n) is 13.9. The number of rotatable bonds is 6. The van der Waals surface area contributed by atoms with Crippen LogP contribution in [-0.2, 0) is 28.3 Å². The second-order valence-electron chi connectivity index (χ2n) is 5.30. The molecule has 25 heavy (non-hydrogen) atoms. The summed E-state index contributed by atoms with van der Waals surface area (Å²) in [5.41, 5.74) is 1.86. The normalized spacial score (nSPS) is 13.0. The molecule has 1 aromatic carbocycles. The summed E-state index contributed by atoms with van der Waals surface area (Å²) in [6.07, 6.45) is 13.3. The number of aromatic amines is 1. The van der Waals surface area contributed by atoms with E-state index in [1.807, 2.05) is 60.7 Å². The summed E-state index contributed by atoms with van der Waals surface area (Å²) in [6.45, 7) is 1.78. The van der Waals surface area contributed by atoms with Crippen molar-refractivity contribution < 1.29 is 27.0 Å². The fraction of sp³-hybridized carbons (Fsp3) is 0.158. The van der Waals surface area contributed by atoms with Crippen LogP contribution in [0.25, 0.3) is 0 Å². The molecule has 1 aliphatic carbocycles. The Kier molecular flexibility index (Phi) is 9.25. The van der Waals surface area contributed by atoms with Gasteiger partial charge in [-0.15, -0.1) is 12.2 Å². The molecule has 0 unspecified atom stereocenters. The summed E-state index contributed by atoms with van der Waals surface area (Å²) in [5.74, 6) is -0.857. The predicted octanol–water partition coefficient (Wildman–Crippen LogP) is 2.95. The SMILES string of the molecule is CN([CH-]C=C1C=CC=C1)[C@@H](Cc1cnc[nH]1)C(=O)O.[Fe+2].c1cc[cH-]c1. The van der Waals surface area contributed by atoms with E-state index >= 15 is 0 Å². The predicted molar refractivity (Wildman–Crippen MR) is 94.2 cm³/mol. The number of carboxylic acid groups (broad SMARTS) is 1. The second kappa shape index (κ2) is 11.2. The van der Waals surface area contributed by atoms with Crippen molar-refractivity contribution in [1.29, 1.82) is 0 Å². The molecule has 0 bridgehead atoms. The number of carboxylic acids is 1. The molecule has 1 aliphatic rings. The molecular weight excluding hydrogens is 358 g/mol. The van der Waals surface area contributed by atoms with Crippen LogP contribution in [0.4, 0.5) is 0 Å². The topological polar surface area (TPSA) is 69.2 Å². The Hall–Kier alpha value is -2.40. The van der Waals surface area contributed by atoms with Gasteiger partial charge in [-0.05, 0) is 7.05 Å². The van der Waals surface area contributed by atoms with Crippen molar-refractivity contribution in [2.45, 2.75) is 12.5 Å². The smallest absolute Gasteiger partial charge is 0.480 e. The van der Waals surface area contributed by atoms with E-state index in [1.165, 1.54) is 0 Å². The molecule has 0 amide bonds. The Morgan fingerprint density at radius 3 is 2.56 bits per heavy atom. The third-order valence-electron chi connectivity index (χ3n) is 3.49. The number of hydrogen-bond donors (Lipinski definition) is 2. The van der Waals surface area contributed by atoms with Crippen LogP contribution in [0.5, 0.6) is 0 Å². The van der Waals surface area contributed by atoms with Gasteiger partial charge in [0.1, 0.15) is 6.04 Å². The average molecular weight is 379 g/mol. The minimum atomic E-state index is -0.857. The summed E-state index contributed by atoms with van der Waals surface area (Å²) in [7, 11) is 1.76. The van der Waals surface area contributed by atoms with Crippen molar-refractivity contribution in [3.8, 4) is 0 Å². The first-order valence-electron chi connectivity index (χ1n) is 7.65. The summed E-state index contributed by atoms with van der Waals surface area (Å²) < 4.78 is 0. The number of carbonyl (C=O) groups is 1. The molecule has 1 aromatic heterocycles. The van der Waals surface area contributed by atoms with E-state index in [0.717, 1.165) is 11.3 Å². The van der Waals surface area contributed by atoms with Crippen LogP contribution < -0.4 is 0 Å². The van der Waals surface area contributed by atoms with E-state index in [0.29, 0.717) is 6.42 Å². The first-order chi connectivity index (χ1) is 11.7. The minimum absolute atomic E-state index is 0. The first kappa shape index (κ1) is 20.6.